The van der Waals surface area contributed by atoms with Gasteiger partial charge in [0.1, 0.15) is 0 Å². The molecule has 4 heteroatoms. The Hall–Kier alpha value is -1.17. The van der Waals surface area contributed by atoms with Crippen molar-refractivity contribution in [2.45, 2.75) is 0 Å². The SMILES string of the molecule is C#CCOC(=O)N=C=S. The van der Waals surface area contributed by atoms with Crippen LogP contribution in [-0.2, 0) is 4.74 Å². The van der Waals surface area contributed by atoms with E-state index >= 15 is 0 Å². The molecule has 0 aliphatic rings. The predicted molar refractivity (Wildman–Crippen MR) is 35.2 cm³/mol. The summed E-state index contributed by atoms with van der Waals surface area (Å²) in [5.41, 5.74) is 0. The third kappa shape index (κ3) is 4.69. The first kappa shape index (κ1) is 7.83. The molecule has 1 amide bonds. The summed E-state index contributed by atoms with van der Waals surface area (Å²) < 4.78 is 4.26. The molecule has 3 nitrogen and oxygen atoms in total. The second-order valence-corrected chi connectivity index (χ2v) is 1.14. The molecule has 0 bridgehead atoms. The van der Waals surface area contributed by atoms with Crippen LogP contribution < -0.4 is 0 Å². The number of ether oxygens (including phenoxy) is 1. The fraction of sp³-hybridized carbons (Fsp3) is 0.200. The first-order chi connectivity index (χ1) is 4.31. The van der Waals surface area contributed by atoms with Gasteiger partial charge in [-0.2, -0.15) is 0 Å². The number of rotatable bonds is 1. The summed E-state index contributed by atoms with van der Waals surface area (Å²) >= 11 is 4.11. The van der Waals surface area contributed by atoms with Gasteiger partial charge in [0, 0.05) is 0 Å². The number of carbonyl (C=O) groups is 1. The zero-order valence-electron chi connectivity index (χ0n) is 4.46. The largest absolute Gasteiger partial charge is 0.443 e. The van der Waals surface area contributed by atoms with Crippen molar-refractivity contribution in [3.8, 4) is 12.3 Å². The van der Waals surface area contributed by atoms with Gasteiger partial charge in [-0.25, -0.2) is 4.79 Å². The molecular formula is C5H3NO2S. The number of hydrogen-bond donors (Lipinski definition) is 0. The Morgan fingerprint density at radius 3 is 3.00 bits per heavy atom. The Morgan fingerprint density at radius 1 is 1.89 bits per heavy atom. The second kappa shape index (κ2) is 4.98. The van der Waals surface area contributed by atoms with Crippen LogP contribution in [0.3, 0.4) is 0 Å². The monoisotopic (exact) mass is 141 g/mol. The molecule has 0 aromatic heterocycles. The molecule has 0 heterocycles. The molecule has 0 saturated heterocycles. The van der Waals surface area contributed by atoms with Crippen LogP contribution in [-0.4, -0.2) is 17.9 Å². The van der Waals surface area contributed by atoms with Crippen LogP contribution in [0.4, 0.5) is 4.79 Å². The maximum atomic E-state index is 10.2. The number of hydrogen-bond acceptors (Lipinski definition) is 3. The van der Waals surface area contributed by atoms with Crippen molar-refractivity contribution in [3.05, 3.63) is 0 Å². The zero-order valence-corrected chi connectivity index (χ0v) is 5.27. The fourth-order valence-corrected chi connectivity index (χ4v) is 0.247. The molecule has 0 aliphatic carbocycles. The lowest BCUT2D eigenvalue weighted by atomic mass is 10.8. The minimum Gasteiger partial charge on any atom is -0.434 e. The van der Waals surface area contributed by atoms with Gasteiger partial charge < -0.3 is 4.74 Å². The summed E-state index contributed by atoms with van der Waals surface area (Å²) in [6, 6.07) is 0. The van der Waals surface area contributed by atoms with Crippen LogP contribution >= 0.6 is 12.2 Å². The molecule has 0 atom stereocenters. The number of amides is 1. The van der Waals surface area contributed by atoms with Crippen molar-refractivity contribution in [3.63, 3.8) is 0 Å². The molecule has 0 aliphatic heterocycles. The highest BCUT2D eigenvalue weighted by molar-refractivity contribution is 7.78. The van der Waals surface area contributed by atoms with Crippen LogP contribution in [0.15, 0.2) is 4.99 Å². The summed E-state index contributed by atoms with van der Waals surface area (Å²) in [5, 5.41) is 1.84. The highest BCUT2D eigenvalue weighted by Crippen LogP contribution is 1.79. The summed E-state index contributed by atoms with van der Waals surface area (Å²) in [6.45, 7) is -0.0840. The third-order valence-corrected chi connectivity index (χ3v) is 0.507. The Kier molecular flexibility index (Phi) is 4.33. The van der Waals surface area contributed by atoms with Gasteiger partial charge in [0.05, 0.1) is 5.16 Å². The Morgan fingerprint density at radius 2 is 2.56 bits per heavy atom. The van der Waals surface area contributed by atoms with Gasteiger partial charge in [0.25, 0.3) is 0 Å². The minimum atomic E-state index is -0.803. The number of aliphatic imine (C=N–C) groups is 1. The van der Waals surface area contributed by atoms with Crippen LogP contribution in [0, 0.1) is 12.3 Å². The summed E-state index contributed by atoms with van der Waals surface area (Å²) in [4.78, 5) is 13.2. The minimum absolute atomic E-state index is 0.0840. The second-order valence-electron chi connectivity index (χ2n) is 0.962. The van der Waals surface area contributed by atoms with Crippen LogP contribution in [0.5, 0.6) is 0 Å². The smallest absolute Gasteiger partial charge is 0.434 e. The lowest BCUT2D eigenvalue weighted by molar-refractivity contribution is 0.172. The number of isothiocyanates is 1. The maximum Gasteiger partial charge on any atom is 0.443 e. The van der Waals surface area contributed by atoms with Crippen LogP contribution in [0.1, 0.15) is 0 Å². The number of carbonyl (C=O) groups excluding carboxylic acids is 1. The summed E-state index contributed by atoms with van der Waals surface area (Å²) in [7, 11) is 0. The average Bonchev–Trinajstić information content (AvgIpc) is 1.85. The molecule has 0 radical (unpaired) electrons. The highest BCUT2D eigenvalue weighted by atomic mass is 32.1. The molecule has 0 N–H and O–H groups in total. The quantitative estimate of drug-likeness (QED) is 0.309. The van der Waals surface area contributed by atoms with E-state index in [1.54, 1.807) is 0 Å². The standard InChI is InChI=1S/C5H3NO2S/c1-2-3-8-5(7)6-4-9/h1H,3H2. The van der Waals surface area contributed by atoms with E-state index in [2.05, 4.69) is 27.9 Å². The van der Waals surface area contributed by atoms with E-state index < -0.39 is 6.09 Å². The van der Waals surface area contributed by atoms with E-state index in [0.717, 1.165) is 0 Å². The normalized spacial score (nSPS) is 6.56. The molecule has 0 saturated carbocycles. The molecule has 0 rings (SSSR count). The molecule has 46 valence electrons. The lowest BCUT2D eigenvalue weighted by Crippen LogP contribution is -1.97. The number of terminal acetylenes is 1. The first-order valence-electron chi connectivity index (χ1n) is 1.99. The molecular weight excluding hydrogens is 138 g/mol. The Balaban J connectivity index is 3.54. The molecule has 0 fully saturated rings. The molecule has 9 heavy (non-hydrogen) atoms. The highest BCUT2D eigenvalue weighted by Gasteiger charge is 1.92. The zero-order chi connectivity index (χ0) is 7.11. The summed E-state index contributed by atoms with van der Waals surface area (Å²) in [5.74, 6) is 2.09. The first-order valence-corrected chi connectivity index (χ1v) is 2.40. The van der Waals surface area contributed by atoms with Gasteiger partial charge in [-0.15, -0.1) is 11.4 Å². The van der Waals surface area contributed by atoms with E-state index in [1.807, 2.05) is 5.16 Å². The van der Waals surface area contributed by atoms with Gasteiger partial charge >= 0.3 is 6.09 Å². The molecule has 0 spiro atoms. The van der Waals surface area contributed by atoms with E-state index in [9.17, 15) is 4.79 Å². The van der Waals surface area contributed by atoms with Gasteiger partial charge in [-0.3, -0.25) is 0 Å². The van der Waals surface area contributed by atoms with Gasteiger partial charge in [0.2, 0.25) is 0 Å². The molecule has 0 aromatic rings. The lowest BCUT2D eigenvalue weighted by Gasteiger charge is -1.88. The molecule has 0 unspecified atom stereocenters. The Bertz CT molecular complexity index is 188. The van der Waals surface area contributed by atoms with E-state index in [4.69, 9.17) is 6.42 Å². The van der Waals surface area contributed by atoms with Crippen molar-refractivity contribution < 1.29 is 9.53 Å². The van der Waals surface area contributed by atoms with Gasteiger partial charge in [-0.05, 0) is 12.2 Å². The topological polar surface area (TPSA) is 38.7 Å². The summed E-state index contributed by atoms with van der Waals surface area (Å²) in [6.07, 6.45) is 3.95. The van der Waals surface area contributed by atoms with Crippen molar-refractivity contribution >= 4 is 23.5 Å². The predicted octanol–water partition coefficient (Wildman–Crippen LogP) is 0.859. The van der Waals surface area contributed by atoms with E-state index in [1.165, 1.54) is 0 Å². The molecule has 0 aromatic carbocycles. The van der Waals surface area contributed by atoms with Crippen LogP contribution in [0.2, 0.25) is 0 Å². The van der Waals surface area contributed by atoms with E-state index in [0.29, 0.717) is 0 Å². The Labute approximate surface area is 57.7 Å². The van der Waals surface area contributed by atoms with Crippen molar-refractivity contribution in [2.24, 2.45) is 4.99 Å². The van der Waals surface area contributed by atoms with Gasteiger partial charge in [-0.1, -0.05) is 5.92 Å². The number of nitrogens with zero attached hydrogens (tertiary/aromatic N) is 1. The fourth-order valence-electron chi connectivity index (χ4n) is 0.173. The maximum absolute atomic E-state index is 10.2. The van der Waals surface area contributed by atoms with Crippen molar-refractivity contribution in [2.75, 3.05) is 6.61 Å². The van der Waals surface area contributed by atoms with Crippen molar-refractivity contribution in [1.29, 1.82) is 0 Å². The number of thiocarbonyl (C=S) groups is 1. The van der Waals surface area contributed by atoms with Crippen LogP contribution in [0.25, 0.3) is 0 Å². The average molecular weight is 141 g/mol. The van der Waals surface area contributed by atoms with E-state index in [-0.39, 0.29) is 6.61 Å². The van der Waals surface area contributed by atoms with Crippen molar-refractivity contribution in [1.82, 2.24) is 0 Å². The van der Waals surface area contributed by atoms with Gasteiger partial charge in [0.15, 0.2) is 6.61 Å². The third-order valence-electron chi connectivity index (χ3n) is 0.416.